The van der Waals surface area contributed by atoms with Crippen LogP contribution in [-0.2, 0) is 17.8 Å². The number of hydrogen-bond donors (Lipinski definition) is 2. The van der Waals surface area contributed by atoms with Gasteiger partial charge in [0.25, 0.3) is 0 Å². The van der Waals surface area contributed by atoms with E-state index in [1.807, 2.05) is 24.3 Å². The van der Waals surface area contributed by atoms with Gasteiger partial charge in [-0.3, -0.25) is 4.79 Å². The summed E-state index contributed by atoms with van der Waals surface area (Å²) in [5, 5.41) is 6.14. The highest BCUT2D eigenvalue weighted by Gasteiger charge is 2.29. The lowest BCUT2D eigenvalue weighted by molar-refractivity contribution is -0.114. The second-order valence-corrected chi connectivity index (χ2v) is 7.21. The molecule has 3 rings (SSSR count). The minimum absolute atomic E-state index is 0.0908. The smallest absolute Gasteiger partial charge is 0.221 e. The second-order valence-electron chi connectivity index (χ2n) is 7.21. The van der Waals surface area contributed by atoms with Crippen LogP contribution < -0.4 is 20.1 Å². The Hall–Kier alpha value is -2.53. The van der Waals surface area contributed by atoms with Crippen LogP contribution in [0.3, 0.4) is 0 Å². The van der Waals surface area contributed by atoms with Crippen LogP contribution in [0.25, 0.3) is 0 Å². The molecule has 0 bridgehead atoms. The lowest BCUT2D eigenvalue weighted by atomic mass is 10.0. The minimum atomic E-state index is -0.103. The Morgan fingerprint density at radius 3 is 2.88 bits per heavy atom. The SMILES string of the molecule is CC(=O)Nc1cccc(OCCNCc2ccc3c(c2)CC(C)(C)O3)c1. The van der Waals surface area contributed by atoms with E-state index in [0.717, 1.165) is 36.7 Å². The predicted molar refractivity (Wildman–Crippen MR) is 103 cm³/mol. The van der Waals surface area contributed by atoms with Gasteiger partial charge in [-0.05, 0) is 43.2 Å². The normalized spacial score (nSPS) is 14.4. The lowest BCUT2D eigenvalue weighted by Crippen LogP contribution is -2.24. The Balaban J connectivity index is 1.42. The molecular weight excluding hydrogens is 328 g/mol. The van der Waals surface area contributed by atoms with E-state index in [0.29, 0.717) is 6.61 Å². The van der Waals surface area contributed by atoms with Crippen LogP contribution in [-0.4, -0.2) is 24.7 Å². The third kappa shape index (κ3) is 4.99. The van der Waals surface area contributed by atoms with Gasteiger partial charge < -0.3 is 20.1 Å². The maximum atomic E-state index is 11.1. The Labute approximate surface area is 154 Å². The van der Waals surface area contributed by atoms with Crippen molar-refractivity contribution in [2.24, 2.45) is 0 Å². The van der Waals surface area contributed by atoms with E-state index < -0.39 is 0 Å². The second kappa shape index (κ2) is 7.79. The van der Waals surface area contributed by atoms with E-state index >= 15 is 0 Å². The summed E-state index contributed by atoms with van der Waals surface area (Å²) in [5.74, 6) is 1.66. The molecule has 0 aromatic heterocycles. The molecule has 0 saturated heterocycles. The molecule has 138 valence electrons. The van der Waals surface area contributed by atoms with Crippen molar-refractivity contribution in [2.45, 2.75) is 39.3 Å². The summed E-state index contributed by atoms with van der Waals surface area (Å²) in [4.78, 5) is 11.1. The van der Waals surface area contributed by atoms with E-state index in [9.17, 15) is 4.79 Å². The van der Waals surface area contributed by atoms with Gasteiger partial charge in [-0.25, -0.2) is 0 Å². The molecule has 0 saturated carbocycles. The molecular formula is C21H26N2O3. The first kappa shape index (κ1) is 18.3. The fourth-order valence-electron chi connectivity index (χ4n) is 3.11. The first-order valence-corrected chi connectivity index (χ1v) is 8.93. The highest BCUT2D eigenvalue weighted by atomic mass is 16.5. The van der Waals surface area contributed by atoms with Crippen LogP contribution in [0.15, 0.2) is 42.5 Å². The Morgan fingerprint density at radius 1 is 1.23 bits per heavy atom. The standard InChI is InChI=1S/C21H26N2O3/c1-15(24)23-18-5-4-6-19(12-18)25-10-9-22-14-16-7-8-20-17(11-16)13-21(2,3)26-20/h4-8,11-12,22H,9-10,13-14H2,1-3H3,(H,23,24). The summed E-state index contributed by atoms with van der Waals surface area (Å²) in [6, 6.07) is 13.8. The summed E-state index contributed by atoms with van der Waals surface area (Å²) < 4.78 is 11.6. The third-order valence-electron chi connectivity index (χ3n) is 4.16. The van der Waals surface area contributed by atoms with Gasteiger partial charge in [-0.15, -0.1) is 0 Å². The molecule has 2 aromatic carbocycles. The largest absolute Gasteiger partial charge is 0.492 e. The molecule has 5 heteroatoms. The van der Waals surface area contributed by atoms with Crippen molar-refractivity contribution in [3.63, 3.8) is 0 Å². The van der Waals surface area contributed by atoms with Gasteiger partial charge in [0.15, 0.2) is 0 Å². The number of ether oxygens (including phenoxy) is 2. The van der Waals surface area contributed by atoms with E-state index in [2.05, 4.69) is 42.7 Å². The van der Waals surface area contributed by atoms with Gasteiger partial charge in [-0.2, -0.15) is 0 Å². The molecule has 0 atom stereocenters. The topological polar surface area (TPSA) is 59.6 Å². The van der Waals surface area contributed by atoms with Crippen molar-refractivity contribution in [1.29, 1.82) is 0 Å². The molecule has 0 spiro atoms. The summed E-state index contributed by atoms with van der Waals surface area (Å²) in [5.41, 5.74) is 3.16. The number of anilines is 1. The number of amides is 1. The van der Waals surface area contributed by atoms with Crippen LogP contribution >= 0.6 is 0 Å². The molecule has 26 heavy (non-hydrogen) atoms. The Morgan fingerprint density at radius 2 is 2.08 bits per heavy atom. The van der Waals surface area contributed by atoms with E-state index in [1.165, 1.54) is 18.1 Å². The van der Waals surface area contributed by atoms with Crippen molar-refractivity contribution in [3.8, 4) is 11.5 Å². The summed E-state index contributed by atoms with van der Waals surface area (Å²) in [6.07, 6.45) is 0.948. The average Bonchev–Trinajstić information content (AvgIpc) is 2.87. The van der Waals surface area contributed by atoms with Crippen LogP contribution in [0, 0.1) is 0 Å². The third-order valence-corrected chi connectivity index (χ3v) is 4.16. The van der Waals surface area contributed by atoms with Gasteiger partial charge in [-0.1, -0.05) is 18.2 Å². The van der Waals surface area contributed by atoms with Crippen molar-refractivity contribution >= 4 is 11.6 Å². The maximum Gasteiger partial charge on any atom is 0.221 e. The van der Waals surface area contributed by atoms with Crippen molar-refractivity contribution < 1.29 is 14.3 Å². The number of carbonyl (C=O) groups is 1. The van der Waals surface area contributed by atoms with Crippen molar-refractivity contribution in [1.82, 2.24) is 5.32 Å². The average molecular weight is 354 g/mol. The first-order valence-electron chi connectivity index (χ1n) is 8.93. The quantitative estimate of drug-likeness (QED) is 0.747. The van der Waals surface area contributed by atoms with Gasteiger partial charge >= 0.3 is 0 Å². The highest BCUT2D eigenvalue weighted by Crippen LogP contribution is 2.35. The zero-order chi connectivity index (χ0) is 18.6. The van der Waals surface area contributed by atoms with Crippen molar-refractivity contribution in [2.75, 3.05) is 18.5 Å². The Bertz CT molecular complexity index is 787. The van der Waals surface area contributed by atoms with Gasteiger partial charge in [0, 0.05) is 38.2 Å². The van der Waals surface area contributed by atoms with Crippen LogP contribution in [0.5, 0.6) is 11.5 Å². The molecule has 1 aliphatic rings. The van der Waals surface area contributed by atoms with E-state index in [4.69, 9.17) is 9.47 Å². The van der Waals surface area contributed by atoms with Crippen LogP contribution in [0.4, 0.5) is 5.69 Å². The molecule has 5 nitrogen and oxygen atoms in total. The maximum absolute atomic E-state index is 11.1. The van der Waals surface area contributed by atoms with Gasteiger partial charge in [0.2, 0.25) is 5.91 Å². The predicted octanol–water partition coefficient (Wildman–Crippen LogP) is 3.53. The highest BCUT2D eigenvalue weighted by molar-refractivity contribution is 5.88. The fourth-order valence-corrected chi connectivity index (χ4v) is 3.11. The number of fused-ring (bicyclic) bond motifs is 1. The summed E-state index contributed by atoms with van der Waals surface area (Å²) in [6.45, 7) is 7.81. The van der Waals surface area contributed by atoms with E-state index in [-0.39, 0.29) is 11.5 Å². The Kier molecular flexibility index (Phi) is 5.47. The lowest BCUT2D eigenvalue weighted by Gasteiger charge is -2.16. The van der Waals surface area contributed by atoms with Crippen LogP contribution in [0.2, 0.25) is 0 Å². The molecule has 1 aliphatic heterocycles. The summed E-state index contributed by atoms with van der Waals surface area (Å²) >= 11 is 0. The molecule has 1 heterocycles. The fraction of sp³-hybridized carbons (Fsp3) is 0.381. The van der Waals surface area contributed by atoms with Crippen molar-refractivity contribution in [3.05, 3.63) is 53.6 Å². The molecule has 2 N–H and O–H groups in total. The van der Waals surface area contributed by atoms with Gasteiger partial charge in [0.1, 0.15) is 23.7 Å². The number of hydrogen-bond acceptors (Lipinski definition) is 4. The first-order chi connectivity index (χ1) is 12.4. The monoisotopic (exact) mass is 354 g/mol. The number of benzene rings is 2. The molecule has 2 aromatic rings. The minimum Gasteiger partial charge on any atom is -0.492 e. The number of carbonyl (C=O) groups excluding carboxylic acids is 1. The number of rotatable bonds is 7. The van der Waals surface area contributed by atoms with Crippen LogP contribution in [0.1, 0.15) is 31.9 Å². The molecule has 0 aliphatic carbocycles. The van der Waals surface area contributed by atoms with E-state index in [1.54, 1.807) is 0 Å². The molecule has 0 unspecified atom stereocenters. The zero-order valence-electron chi connectivity index (χ0n) is 15.6. The van der Waals surface area contributed by atoms with Gasteiger partial charge in [0.05, 0.1) is 0 Å². The molecule has 1 amide bonds. The zero-order valence-corrected chi connectivity index (χ0v) is 15.6. The number of nitrogens with one attached hydrogen (secondary N) is 2. The summed E-state index contributed by atoms with van der Waals surface area (Å²) in [7, 11) is 0. The molecule has 0 radical (unpaired) electrons. The molecule has 0 fully saturated rings.